The number of carbonyl (C=O) groups is 1. The molecule has 15 nitrogen and oxygen atoms in total. The average Bonchev–Trinajstić information content (AvgIpc) is 3.23. The van der Waals surface area contributed by atoms with Crippen LogP contribution in [0, 0.1) is 0 Å². The number of aromatic nitrogens is 4. The maximum Gasteiger partial charge on any atom is 0.427 e. The van der Waals surface area contributed by atoms with E-state index in [1.54, 1.807) is 0 Å². The summed E-state index contributed by atoms with van der Waals surface area (Å²) >= 11 is 0. The number of H-pyrrole nitrogens is 1. The molecule has 2 aliphatic rings. The summed E-state index contributed by atoms with van der Waals surface area (Å²) in [5.74, 6) is -2.71. The first-order chi connectivity index (χ1) is 14.2. The second kappa shape index (κ2) is 7.18. The number of hydrogen-bond acceptors (Lipinski definition) is 11. The van der Waals surface area contributed by atoms with Gasteiger partial charge >= 0.3 is 20.9 Å². The predicted octanol–water partition coefficient (Wildman–Crippen LogP) is -1.65. The fourth-order valence-electron chi connectivity index (χ4n) is 3.76. The largest absolute Gasteiger partial charge is 0.427 e. The first kappa shape index (κ1) is 22.6. The van der Waals surface area contributed by atoms with Crippen LogP contribution in [-0.4, -0.2) is 79.3 Å². The van der Waals surface area contributed by atoms with E-state index in [2.05, 4.69) is 15.0 Å². The normalized spacial score (nSPS) is 29.3. The summed E-state index contributed by atoms with van der Waals surface area (Å²) < 4.78 is 30.1. The molecular weight excluding hydrogens is 462 g/mol. The minimum absolute atomic E-state index is 0.0327. The molecule has 2 aromatic rings. The first-order valence-corrected chi connectivity index (χ1v) is 12.2. The van der Waals surface area contributed by atoms with Gasteiger partial charge in [-0.15, -0.1) is 0 Å². The lowest BCUT2D eigenvalue weighted by Gasteiger charge is -2.25. The van der Waals surface area contributed by atoms with Crippen molar-refractivity contribution in [3.63, 3.8) is 0 Å². The van der Waals surface area contributed by atoms with Gasteiger partial charge in [-0.05, 0) is 13.8 Å². The lowest BCUT2D eigenvalue weighted by molar-refractivity contribution is -0.196. The molecule has 0 amide bonds. The Hall–Kier alpha value is -1.64. The summed E-state index contributed by atoms with van der Waals surface area (Å²) in [5, 5.41) is -2.82. The Bertz CT molecular complexity index is 1140. The van der Waals surface area contributed by atoms with E-state index in [0.717, 1.165) is 6.33 Å². The molecule has 0 spiro atoms. The molecule has 4 rings (SSSR count). The SMILES string of the molecule is CC1(C)O[C@@H]2[C@H](O1)[C@@H](C(=O)C(P(=O)(O)O)[P+](O)(O)O)O[C@H]2n1cnc2c(=O)[nH]cnc21. The van der Waals surface area contributed by atoms with Crippen molar-refractivity contribution in [1.82, 2.24) is 19.5 Å². The van der Waals surface area contributed by atoms with Gasteiger partial charge in [0.25, 0.3) is 5.56 Å². The number of rotatable bonds is 5. The zero-order valence-electron chi connectivity index (χ0n) is 16.0. The minimum Gasteiger partial charge on any atom is -0.341 e. The van der Waals surface area contributed by atoms with E-state index in [1.807, 2.05) is 0 Å². The molecule has 170 valence electrons. The number of ketones is 1. The Labute approximate surface area is 173 Å². The Morgan fingerprint density at radius 1 is 1.26 bits per heavy atom. The van der Waals surface area contributed by atoms with E-state index in [1.165, 1.54) is 24.7 Å². The van der Waals surface area contributed by atoms with Gasteiger partial charge in [0.05, 0.1) is 12.7 Å². The Balaban J connectivity index is 1.77. The summed E-state index contributed by atoms with van der Waals surface area (Å²) in [4.78, 5) is 82.7. The number of Topliss-reactive ketones (excluding diaryl/α,β-unsaturated/α-hetero) is 1. The summed E-state index contributed by atoms with van der Waals surface area (Å²) in [5.41, 5.74) is -0.490. The van der Waals surface area contributed by atoms with Gasteiger partial charge in [-0.25, -0.2) is 9.97 Å². The van der Waals surface area contributed by atoms with Crippen molar-refractivity contribution in [2.75, 3.05) is 0 Å². The third-order valence-corrected chi connectivity index (χ3v) is 8.48. The molecule has 0 aliphatic carbocycles. The van der Waals surface area contributed by atoms with Crippen LogP contribution in [0.5, 0.6) is 0 Å². The number of imidazole rings is 1. The number of fused-ring (bicyclic) bond motifs is 2. The number of ether oxygens (including phenoxy) is 3. The van der Waals surface area contributed by atoms with Crippen LogP contribution in [0.25, 0.3) is 11.2 Å². The number of aromatic amines is 1. The second-order valence-electron chi connectivity index (χ2n) is 7.55. The quantitative estimate of drug-likeness (QED) is 0.263. The van der Waals surface area contributed by atoms with E-state index in [4.69, 9.17) is 14.2 Å². The van der Waals surface area contributed by atoms with Gasteiger partial charge in [-0.1, -0.05) is 0 Å². The van der Waals surface area contributed by atoms with Gasteiger partial charge in [0.2, 0.25) is 5.78 Å². The molecule has 2 aliphatic heterocycles. The maximum atomic E-state index is 12.9. The molecule has 31 heavy (non-hydrogen) atoms. The molecule has 4 heterocycles. The smallest absolute Gasteiger partial charge is 0.341 e. The van der Waals surface area contributed by atoms with Crippen LogP contribution >= 0.6 is 15.5 Å². The highest BCUT2D eigenvalue weighted by Gasteiger charge is 2.66. The fraction of sp³-hybridized carbons (Fsp3) is 0.571. The van der Waals surface area contributed by atoms with Crippen molar-refractivity contribution in [3.8, 4) is 0 Å². The third-order valence-electron chi connectivity index (χ3n) is 4.85. The van der Waals surface area contributed by atoms with Crippen molar-refractivity contribution >= 4 is 32.5 Å². The minimum atomic E-state index is -5.50. The molecule has 0 aromatic carbocycles. The average molecular weight is 481 g/mol. The molecule has 17 heteroatoms. The van der Waals surface area contributed by atoms with Gasteiger partial charge in [-0.3, -0.25) is 18.7 Å². The summed E-state index contributed by atoms with van der Waals surface area (Å²) in [6.07, 6.45) is -2.85. The molecule has 2 aromatic heterocycles. The molecule has 2 fully saturated rings. The number of carbonyl (C=O) groups excluding carboxylic acids is 1. The van der Waals surface area contributed by atoms with Crippen LogP contribution in [0.4, 0.5) is 0 Å². The summed E-state index contributed by atoms with van der Waals surface area (Å²) in [6.45, 7) is 3.06. The molecule has 2 saturated heterocycles. The van der Waals surface area contributed by atoms with Crippen LogP contribution in [-0.2, 0) is 23.6 Å². The summed E-state index contributed by atoms with van der Waals surface area (Å²) in [6, 6.07) is 0. The van der Waals surface area contributed by atoms with Crippen LogP contribution in [0.15, 0.2) is 17.4 Å². The van der Waals surface area contributed by atoms with Crippen molar-refractivity contribution in [1.29, 1.82) is 0 Å². The molecule has 5 atom stereocenters. The van der Waals surface area contributed by atoms with Gasteiger partial charge in [0.15, 0.2) is 29.3 Å². The van der Waals surface area contributed by atoms with Crippen LogP contribution < -0.4 is 5.56 Å². The van der Waals surface area contributed by atoms with E-state index < -0.39 is 62.6 Å². The van der Waals surface area contributed by atoms with Gasteiger partial charge < -0.3 is 29.0 Å². The predicted molar refractivity (Wildman–Crippen MR) is 100 cm³/mol. The van der Waals surface area contributed by atoms with E-state index >= 15 is 0 Å². The topological polar surface area (TPSA) is 227 Å². The van der Waals surface area contributed by atoms with Gasteiger partial charge in [-0.2, -0.15) is 14.7 Å². The molecular formula is C14H19N4O11P2+. The van der Waals surface area contributed by atoms with Crippen LogP contribution in [0.2, 0.25) is 0 Å². The molecule has 6 N–H and O–H groups in total. The highest BCUT2D eigenvalue weighted by molar-refractivity contribution is 7.76. The maximum absolute atomic E-state index is 12.9. The molecule has 0 saturated carbocycles. The van der Waals surface area contributed by atoms with E-state index in [9.17, 15) is 38.6 Å². The van der Waals surface area contributed by atoms with Crippen molar-refractivity contribution in [2.24, 2.45) is 0 Å². The van der Waals surface area contributed by atoms with Gasteiger partial charge in [0.1, 0.15) is 12.2 Å². The number of hydrogen-bond donors (Lipinski definition) is 6. The second-order valence-corrected chi connectivity index (χ2v) is 11.4. The molecule has 1 unspecified atom stereocenters. The third kappa shape index (κ3) is 3.87. The van der Waals surface area contributed by atoms with Gasteiger partial charge in [0, 0.05) is 0 Å². The van der Waals surface area contributed by atoms with E-state index in [0.29, 0.717) is 0 Å². The van der Waals surface area contributed by atoms with Crippen molar-refractivity contribution in [2.45, 2.75) is 49.6 Å². The number of nitrogens with one attached hydrogen (secondary N) is 1. The van der Waals surface area contributed by atoms with Crippen molar-refractivity contribution in [3.05, 3.63) is 23.0 Å². The fourth-order valence-corrected chi connectivity index (χ4v) is 6.35. The Morgan fingerprint density at radius 3 is 2.52 bits per heavy atom. The molecule has 0 radical (unpaired) electrons. The molecule has 0 bridgehead atoms. The highest BCUT2D eigenvalue weighted by atomic mass is 31.3. The van der Waals surface area contributed by atoms with Crippen LogP contribution in [0.3, 0.4) is 0 Å². The number of nitrogens with zero attached hydrogens (tertiary/aromatic N) is 3. The monoisotopic (exact) mass is 481 g/mol. The zero-order chi connectivity index (χ0) is 22.9. The first-order valence-electron chi connectivity index (χ1n) is 8.78. The van der Waals surface area contributed by atoms with E-state index in [-0.39, 0.29) is 11.2 Å². The Morgan fingerprint density at radius 2 is 1.90 bits per heavy atom. The highest BCUT2D eigenvalue weighted by Crippen LogP contribution is 2.66. The Kier molecular flexibility index (Phi) is 5.23. The zero-order valence-corrected chi connectivity index (χ0v) is 17.8. The standard InChI is InChI=1S/C14H18N4O11P2/c1-14(2)28-8-7(6(19)13(30(21,22)23)31(24,25)26)27-12(9(8)29-14)18-4-17-5-10(18)15-3-16-11(5)20/h3-4,7-9,12-13,21-23H,1-2H3,(H2-,15,16,20,24,25,26)/p+1/t7-,8-,9-,12-,13?/m1/s1. The lowest BCUT2D eigenvalue weighted by Crippen LogP contribution is -2.42. The van der Waals surface area contributed by atoms with Crippen LogP contribution in [0.1, 0.15) is 20.1 Å². The van der Waals surface area contributed by atoms with Crippen molar-refractivity contribution < 1.29 is 48.0 Å². The summed E-state index contributed by atoms with van der Waals surface area (Å²) in [7, 11) is -10.8. The lowest BCUT2D eigenvalue weighted by atomic mass is 10.1.